The largest absolute Gasteiger partial charge is 0.489 e. The Bertz CT molecular complexity index is 371. The predicted octanol–water partition coefficient (Wildman–Crippen LogP) is -0.0464. The van der Waals surface area contributed by atoms with Crippen molar-refractivity contribution in [2.24, 2.45) is 5.73 Å². The highest BCUT2D eigenvalue weighted by atomic mass is 16.5. The van der Waals surface area contributed by atoms with E-state index in [9.17, 15) is 4.79 Å². The molecule has 0 aliphatic carbocycles. The van der Waals surface area contributed by atoms with E-state index < -0.39 is 0 Å². The Hall–Kier alpha value is -1.56. The molecule has 6 heteroatoms. The number of hydrogen-bond donors (Lipinski definition) is 2. The Morgan fingerprint density at radius 3 is 2.88 bits per heavy atom. The molecule has 0 atom stereocenters. The number of nitrogens with two attached hydrogens (primary N) is 1. The molecule has 0 unspecified atom stereocenters. The molecule has 0 spiro atoms. The van der Waals surface area contributed by atoms with Gasteiger partial charge in [-0.25, -0.2) is 4.98 Å². The highest BCUT2D eigenvalue weighted by Gasteiger charge is 2.15. The van der Waals surface area contributed by atoms with Crippen LogP contribution in [0.2, 0.25) is 0 Å². The van der Waals surface area contributed by atoms with Gasteiger partial charge >= 0.3 is 0 Å². The van der Waals surface area contributed by atoms with Gasteiger partial charge in [0.1, 0.15) is 0 Å². The maximum absolute atomic E-state index is 11.5. The smallest absolute Gasteiger partial charge is 0.295 e. The van der Waals surface area contributed by atoms with Gasteiger partial charge in [0.2, 0.25) is 5.75 Å². The van der Waals surface area contributed by atoms with E-state index in [4.69, 9.17) is 10.5 Å². The van der Waals surface area contributed by atoms with Crippen molar-refractivity contribution in [3.63, 3.8) is 0 Å². The molecule has 0 aromatic carbocycles. The normalized spacial score (nSPS) is 10.2. The average molecular weight is 226 g/mol. The lowest BCUT2D eigenvalue weighted by Crippen LogP contribution is -2.32. The van der Waals surface area contributed by atoms with E-state index in [1.54, 1.807) is 0 Å². The fourth-order valence-corrected chi connectivity index (χ4v) is 1.54. The summed E-state index contributed by atoms with van der Waals surface area (Å²) in [5, 5.41) is 0. The molecule has 1 heterocycles. The van der Waals surface area contributed by atoms with Crippen molar-refractivity contribution in [2.75, 3.05) is 31.6 Å². The van der Waals surface area contributed by atoms with Crippen molar-refractivity contribution in [1.29, 1.82) is 0 Å². The minimum atomic E-state index is -0.273. The summed E-state index contributed by atoms with van der Waals surface area (Å²) in [5.74, 6) is 0.794. The van der Waals surface area contributed by atoms with Crippen LogP contribution < -0.4 is 20.9 Å². The van der Waals surface area contributed by atoms with Crippen LogP contribution in [0, 0.1) is 0 Å². The quantitative estimate of drug-likeness (QED) is 0.710. The fourth-order valence-electron chi connectivity index (χ4n) is 1.54. The molecule has 0 fully saturated rings. The molecule has 16 heavy (non-hydrogen) atoms. The molecule has 0 bridgehead atoms. The van der Waals surface area contributed by atoms with Crippen molar-refractivity contribution >= 4 is 5.82 Å². The van der Waals surface area contributed by atoms with Crippen molar-refractivity contribution in [2.45, 2.75) is 13.3 Å². The number of anilines is 1. The molecule has 3 N–H and O–H groups in total. The Morgan fingerprint density at radius 1 is 1.56 bits per heavy atom. The summed E-state index contributed by atoms with van der Waals surface area (Å²) in [6.07, 6.45) is 2.33. The summed E-state index contributed by atoms with van der Waals surface area (Å²) >= 11 is 0. The number of nitrogens with zero attached hydrogens (tertiary/aromatic N) is 2. The zero-order chi connectivity index (χ0) is 12.0. The highest BCUT2D eigenvalue weighted by molar-refractivity contribution is 5.50. The molecular formula is C10H18N4O2. The zero-order valence-electron chi connectivity index (χ0n) is 9.69. The van der Waals surface area contributed by atoms with E-state index in [2.05, 4.69) is 16.9 Å². The third-order valence-corrected chi connectivity index (χ3v) is 2.19. The Labute approximate surface area is 94.4 Å². The second-order valence-corrected chi connectivity index (χ2v) is 3.36. The maximum atomic E-state index is 11.5. The lowest BCUT2D eigenvalue weighted by Gasteiger charge is -2.23. The van der Waals surface area contributed by atoms with E-state index in [1.807, 2.05) is 4.90 Å². The van der Waals surface area contributed by atoms with Gasteiger partial charge < -0.3 is 20.4 Å². The summed E-state index contributed by atoms with van der Waals surface area (Å²) in [7, 11) is 1.46. The summed E-state index contributed by atoms with van der Waals surface area (Å²) in [6.45, 7) is 4.02. The van der Waals surface area contributed by atoms with Crippen molar-refractivity contribution in [3.8, 4) is 5.75 Å². The first-order chi connectivity index (χ1) is 7.74. The molecular weight excluding hydrogens is 208 g/mol. The molecule has 0 aliphatic rings. The van der Waals surface area contributed by atoms with E-state index in [1.165, 1.54) is 13.4 Å². The van der Waals surface area contributed by atoms with Gasteiger partial charge in [0.05, 0.1) is 13.4 Å². The van der Waals surface area contributed by atoms with Gasteiger partial charge in [0.15, 0.2) is 5.82 Å². The monoisotopic (exact) mass is 226 g/mol. The summed E-state index contributed by atoms with van der Waals surface area (Å²) in [6, 6.07) is 0. The van der Waals surface area contributed by atoms with Crippen LogP contribution in [0.4, 0.5) is 5.82 Å². The van der Waals surface area contributed by atoms with Crippen LogP contribution in [-0.2, 0) is 0 Å². The molecule has 0 amide bonds. The zero-order valence-corrected chi connectivity index (χ0v) is 9.69. The van der Waals surface area contributed by atoms with E-state index in [0.717, 1.165) is 13.0 Å². The van der Waals surface area contributed by atoms with Crippen molar-refractivity contribution in [3.05, 3.63) is 16.7 Å². The Balaban J connectivity index is 3.07. The first-order valence-corrected chi connectivity index (χ1v) is 5.31. The Kier molecular flexibility index (Phi) is 4.78. The van der Waals surface area contributed by atoms with Gasteiger partial charge in [-0.3, -0.25) is 4.79 Å². The minimum Gasteiger partial charge on any atom is -0.489 e. The lowest BCUT2D eigenvalue weighted by atomic mass is 10.3. The molecule has 0 saturated carbocycles. The second kappa shape index (κ2) is 6.12. The van der Waals surface area contributed by atoms with Crippen LogP contribution in [0.15, 0.2) is 11.1 Å². The molecule has 0 radical (unpaired) electrons. The number of ether oxygens (including phenoxy) is 1. The number of nitrogens with one attached hydrogen (secondary N) is 1. The van der Waals surface area contributed by atoms with Crippen molar-refractivity contribution in [1.82, 2.24) is 9.97 Å². The lowest BCUT2D eigenvalue weighted by molar-refractivity contribution is 0.405. The Morgan fingerprint density at radius 2 is 2.31 bits per heavy atom. The van der Waals surface area contributed by atoms with E-state index >= 15 is 0 Å². The number of H-pyrrole nitrogens is 1. The van der Waals surface area contributed by atoms with Gasteiger partial charge in [-0.1, -0.05) is 6.92 Å². The molecule has 6 nitrogen and oxygen atoms in total. The van der Waals surface area contributed by atoms with Gasteiger partial charge in [-0.2, -0.15) is 0 Å². The van der Waals surface area contributed by atoms with Crippen molar-refractivity contribution < 1.29 is 4.74 Å². The highest BCUT2D eigenvalue weighted by Crippen LogP contribution is 2.19. The number of methoxy groups -OCH3 is 1. The summed E-state index contributed by atoms with van der Waals surface area (Å²) in [5.41, 5.74) is 5.26. The van der Waals surface area contributed by atoms with Gasteiger partial charge in [0, 0.05) is 19.6 Å². The molecule has 90 valence electrons. The van der Waals surface area contributed by atoms with Crippen LogP contribution in [-0.4, -0.2) is 36.7 Å². The van der Waals surface area contributed by atoms with Gasteiger partial charge in [0.25, 0.3) is 5.56 Å². The van der Waals surface area contributed by atoms with E-state index in [0.29, 0.717) is 18.9 Å². The van der Waals surface area contributed by atoms with Crippen LogP contribution in [0.5, 0.6) is 5.75 Å². The number of aromatic nitrogens is 2. The average Bonchev–Trinajstić information content (AvgIpc) is 2.28. The molecule has 1 aromatic rings. The van der Waals surface area contributed by atoms with Gasteiger partial charge in [-0.15, -0.1) is 0 Å². The second-order valence-electron chi connectivity index (χ2n) is 3.36. The third-order valence-electron chi connectivity index (χ3n) is 2.19. The first kappa shape index (κ1) is 12.5. The third kappa shape index (κ3) is 2.73. The van der Waals surface area contributed by atoms with Gasteiger partial charge in [-0.05, 0) is 6.42 Å². The molecule has 0 aliphatic heterocycles. The van der Waals surface area contributed by atoms with E-state index in [-0.39, 0.29) is 11.3 Å². The minimum absolute atomic E-state index is 0.240. The number of rotatable bonds is 6. The van der Waals surface area contributed by atoms with Crippen LogP contribution in [0.3, 0.4) is 0 Å². The number of hydrogen-bond acceptors (Lipinski definition) is 5. The number of aromatic amines is 1. The summed E-state index contributed by atoms with van der Waals surface area (Å²) < 4.78 is 5.06. The topological polar surface area (TPSA) is 84.2 Å². The molecule has 1 aromatic heterocycles. The maximum Gasteiger partial charge on any atom is 0.295 e. The SMILES string of the molecule is CCCN(CCN)c1nc[nH]c(=O)c1OC. The molecule has 1 rings (SSSR count). The fraction of sp³-hybridized carbons (Fsp3) is 0.600. The van der Waals surface area contributed by atoms with Crippen LogP contribution in [0.1, 0.15) is 13.3 Å². The molecule has 0 saturated heterocycles. The standard InChI is InChI=1S/C10H18N4O2/c1-3-5-14(6-4-11)9-8(16-2)10(15)13-7-12-9/h7H,3-6,11H2,1-2H3,(H,12,13,15). The van der Waals surface area contributed by atoms with Crippen LogP contribution >= 0.6 is 0 Å². The van der Waals surface area contributed by atoms with Crippen LogP contribution in [0.25, 0.3) is 0 Å². The first-order valence-electron chi connectivity index (χ1n) is 5.31. The summed E-state index contributed by atoms with van der Waals surface area (Å²) in [4.78, 5) is 20.1. The predicted molar refractivity (Wildman–Crippen MR) is 63.0 cm³/mol.